The molecular weight excluding hydrogens is 336 g/mol. The van der Waals surface area contributed by atoms with Gasteiger partial charge in [0.05, 0.1) is 6.54 Å². The quantitative estimate of drug-likeness (QED) is 0.902. The molecule has 0 aromatic carbocycles. The Morgan fingerprint density at radius 3 is 3.00 bits per heavy atom. The predicted octanol–water partition coefficient (Wildman–Crippen LogP) is 2.89. The molecule has 3 nitrogen and oxygen atoms in total. The summed E-state index contributed by atoms with van der Waals surface area (Å²) in [5.74, 6) is 0.781. The number of carbonyl (C=O) groups excluding carboxylic acids is 1. The smallest absolute Gasteiger partial charge is 0.222 e. The highest BCUT2D eigenvalue weighted by Gasteiger charge is 2.20. The van der Waals surface area contributed by atoms with Gasteiger partial charge in [-0.05, 0) is 47.4 Å². The number of amides is 1. The van der Waals surface area contributed by atoms with Crippen molar-refractivity contribution in [2.75, 3.05) is 20.1 Å². The zero-order valence-corrected chi connectivity index (χ0v) is 13.5. The number of hydrogen-bond donors (Lipinski definition) is 1. The molecule has 1 amide bonds. The van der Waals surface area contributed by atoms with Gasteiger partial charge in [-0.25, -0.2) is 0 Å². The van der Waals surface area contributed by atoms with Crippen molar-refractivity contribution in [2.45, 2.75) is 19.4 Å². The van der Waals surface area contributed by atoms with Gasteiger partial charge in [0.15, 0.2) is 0 Å². The fourth-order valence-electron chi connectivity index (χ4n) is 2.05. The second kappa shape index (κ2) is 7.48. The van der Waals surface area contributed by atoms with E-state index in [1.54, 1.807) is 11.3 Å². The third-order valence-electron chi connectivity index (χ3n) is 3.07. The van der Waals surface area contributed by atoms with Gasteiger partial charge in [-0.3, -0.25) is 4.79 Å². The van der Waals surface area contributed by atoms with Crippen LogP contribution in [-0.4, -0.2) is 30.9 Å². The molecule has 2 rings (SSSR count). The van der Waals surface area contributed by atoms with Gasteiger partial charge < -0.3 is 10.2 Å². The molecular formula is C12H18BrClN2OS. The van der Waals surface area contributed by atoms with Gasteiger partial charge in [0, 0.05) is 28.2 Å². The van der Waals surface area contributed by atoms with Crippen LogP contribution in [0.1, 0.15) is 17.7 Å². The van der Waals surface area contributed by atoms with Crippen molar-refractivity contribution < 1.29 is 4.79 Å². The number of thiophene rings is 1. The average Bonchev–Trinajstić information content (AvgIpc) is 2.90. The summed E-state index contributed by atoms with van der Waals surface area (Å²) in [5, 5.41) is 5.34. The highest BCUT2D eigenvalue weighted by atomic mass is 79.9. The van der Waals surface area contributed by atoms with E-state index in [9.17, 15) is 4.79 Å². The molecule has 1 atom stereocenters. The third kappa shape index (κ3) is 4.53. The standard InChI is InChI=1S/C12H17BrN2OS.ClH/c1-15(7-11-5-10(13)8-17-11)12(16)4-9-2-3-14-6-9;/h5,8-9,14H,2-4,6-7H2,1H3;1H. The first kappa shape index (κ1) is 16.0. The van der Waals surface area contributed by atoms with E-state index in [0.717, 1.165) is 30.5 Å². The fraction of sp³-hybridized carbons (Fsp3) is 0.583. The molecule has 1 saturated heterocycles. The molecule has 1 aliphatic heterocycles. The molecule has 1 fully saturated rings. The van der Waals surface area contributed by atoms with E-state index >= 15 is 0 Å². The van der Waals surface area contributed by atoms with Crippen molar-refractivity contribution in [3.8, 4) is 0 Å². The van der Waals surface area contributed by atoms with Crippen LogP contribution in [0.2, 0.25) is 0 Å². The lowest BCUT2D eigenvalue weighted by atomic mass is 10.0. The van der Waals surface area contributed by atoms with Gasteiger partial charge in [0.25, 0.3) is 0 Å². The first-order valence-corrected chi connectivity index (χ1v) is 7.50. The van der Waals surface area contributed by atoms with Crippen LogP contribution in [0.5, 0.6) is 0 Å². The Kier molecular flexibility index (Phi) is 6.63. The van der Waals surface area contributed by atoms with E-state index in [1.807, 2.05) is 11.9 Å². The Labute approximate surface area is 126 Å². The van der Waals surface area contributed by atoms with Crippen LogP contribution >= 0.6 is 39.7 Å². The normalized spacial score (nSPS) is 18.4. The number of carbonyl (C=O) groups is 1. The van der Waals surface area contributed by atoms with Gasteiger partial charge >= 0.3 is 0 Å². The molecule has 1 N–H and O–H groups in total. The molecule has 0 bridgehead atoms. The van der Waals surface area contributed by atoms with Crippen molar-refractivity contribution in [2.24, 2.45) is 5.92 Å². The minimum absolute atomic E-state index is 0. The Morgan fingerprint density at radius 1 is 1.67 bits per heavy atom. The van der Waals surface area contributed by atoms with E-state index in [0.29, 0.717) is 12.3 Å². The van der Waals surface area contributed by atoms with Crippen LogP contribution in [0, 0.1) is 5.92 Å². The second-order valence-electron chi connectivity index (χ2n) is 4.54. The van der Waals surface area contributed by atoms with E-state index in [1.165, 1.54) is 4.88 Å². The summed E-state index contributed by atoms with van der Waals surface area (Å²) in [6, 6.07) is 2.07. The molecule has 0 radical (unpaired) electrons. The number of hydrogen-bond acceptors (Lipinski definition) is 3. The van der Waals surface area contributed by atoms with Crippen molar-refractivity contribution in [3.63, 3.8) is 0 Å². The number of halogens is 2. The molecule has 1 aromatic heterocycles. The minimum Gasteiger partial charge on any atom is -0.341 e. The summed E-state index contributed by atoms with van der Waals surface area (Å²) in [4.78, 5) is 15.1. The maximum Gasteiger partial charge on any atom is 0.222 e. The van der Waals surface area contributed by atoms with Crippen LogP contribution in [0.4, 0.5) is 0 Å². The van der Waals surface area contributed by atoms with Gasteiger partial charge in [-0.1, -0.05) is 0 Å². The molecule has 0 saturated carbocycles. The van der Waals surface area contributed by atoms with E-state index in [4.69, 9.17) is 0 Å². The molecule has 18 heavy (non-hydrogen) atoms. The number of nitrogens with one attached hydrogen (secondary N) is 1. The molecule has 6 heteroatoms. The second-order valence-corrected chi connectivity index (χ2v) is 6.46. The highest BCUT2D eigenvalue weighted by molar-refractivity contribution is 9.10. The van der Waals surface area contributed by atoms with Gasteiger partial charge in [0.2, 0.25) is 5.91 Å². The summed E-state index contributed by atoms with van der Waals surface area (Å²) in [6.07, 6.45) is 1.81. The monoisotopic (exact) mass is 352 g/mol. The Balaban J connectivity index is 0.00000162. The molecule has 1 aliphatic rings. The van der Waals surface area contributed by atoms with Crippen LogP contribution in [0.25, 0.3) is 0 Å². The predicted molar refractivity (Wildman–Crippen MR) is 81.3 cm³/mol. The molecule has 0 aliphatic carbocycles. The Bertz CT molecular complexity index is 393. The topological polar surface area (TPSA) is 32.3 Å². The molecule has 102 valence electrons. The number of nitrogens with zero attached hydrogens (tertiary/aromatic N) is 1. The first-order valence-electron chi connectivity index (χ1n) is 5.82. The van der Waals surface area contributed by atoms with Gasteiger partial charge in [0.1, 0.15) is 0 Å². The summed E-state index contributed by atoms with van der Waals surface area (Å²) in [6.45, 7) is 2.76. The minimum atomic E-state index is 0. The SMILES string of the molecule is CN(Cc1cc(Br)cs1)C(=O)CC1CCNC1.Cl. The summed E-state index contributed by atoms with van der Waals surface area (Å²) in [5.41, 5.74) is 0. The van der Waals surface area contributed by atoms with Gasteiger partial charge in [-0.2, -0.15) is 0 Å². The fourth-order valence-corrected chi connectivity index (χ4v) is 3.55. The zero-order valence-electron chi connectivity index (χ0n) is 10.3. The highest BCUT2D eigenvalue weighted by Crippen LogP contribution is 2.21. The van der Waals surface area contributed by atoms with Crippen LogP contribution in [0.15, 0.2) is 15.9 Å². The molecule has 1 unspecified atom stereocenters. The van der Waals surface area contributed by atoms with Crippen molar-refractivity contribution in [1.82, 2.24) is 10.2 Å². The largest absolute Gasteiger partial charge is 0.341 e. The Morgan fingerprint density at radius 2 is 2.44 bits per heavy atom. The van der Waals surface area contributed by atoms with Crippen molar-refractivity contribution in [1.29, 1.82) is 0 Å². The average molecular weight is 354 g/mol. The lowest BCUT2D eigenvalue weighted by Gasteiger charge is -2.18. The first-order chi connectivity index (χ1) is 8.15. The lowest BCUT2D eigenvalue weighted by molar-refractivity contribution is -0.131. The van der Waals surface area contributed by atoms with Crippen molar-refractivity contribution >= 4 is 45.6 Å². The van der Waals surface area contributed by atoms with E-state index < -0.39 is 0 Å². The molecule has 0 spiro atoms. The summed E-state index contributed by atoms with van der Waals surface area (Å²) in [7, 11) is 1.89. The van der Waals surface area contributed by atoms with Crippen LogP contribution < -0.4 is 5.32 Å². The maximum atomic E-state index is 12.0. The molecule has 1 aromatic rings. The van der Waals surface area contributed by atoms with Crippen LogP contribution in [0.3, 0.4) is 0 Å². The number of rotatable bonds is 4. The zero-order chi connectivity index (χ0) is 12.3. The Hall–Kier alpha value is -0.100. The van der Waals surface area contributed by atoms with E-state index in [-0.39, 0.29) is 18.3 Å². The summed E-state index contributed by atoms with van der Waals surface area (Å²) < 4.78 is 1.10. The van der Waals surface area contributed by atoms with Crippen molar-refractivity contribution in [3.05, 3.63) is 20.8 Å². The summed E-state index contributed by atoms with van der Waals surface area (Å²) >= 11 is 5.11. The third-order valence-corrected chi connectivity index (χ3v) is 4.75. The maximum absolute atomic E-state index is 12.0. The van der Waals surface area contributed by atoms with Gasteiger partial charge in [-0.15, -0.1) is 23.7 Å². The van der Waals surface area contributed by atoms with E-state index in [2.05, 4.69) is 32.7 Å². The van der Waals surface area contributed by atoms with Crippen LogP contribution in [-0.2, 0) is 11.3 Å². The lowest BCUT2D eigenvalue weighted by Crippen LogP contribution is -2.28. The molecule has 2 heterocycles.